The number of hydrogen-bond donors (Lipinski definition) is 2. The van der Waals surface area contributed by atoms with Gasteiger partial charge in [-0.3, -0.25) is 0 Å². The van der Waals surface area contributed by atoms with Crippen LogP contribution in [-0.4, -0.2) is 17.0 Å². The van der Waals surface area contributed by atoms with Crippen molar-refractivity contribution in [3.05, 3.63) is 66.6 Å². The van der Waals surface area contributed by atoms with E-state index in [9.17, 15) is 0 Å². The van der Waals surface area contributed by atoms with Crippen LogP contribution >= 0.6 is 0 Å². The van der Waals surface area contributed by atoms with Crippen molar-refractivity contribution in [2.24, 2.45) is 11.7 Å². The summed E-state index contributed by atoms with van der Waals surface area (Å²) in [6, 6.07) is 19.1. The van der Waals surface area contributed by atoms with Crippen LogP contribution in [0.3, 0.4) is 0 Å². The average molecular weight is 321 g/mol. The molecule has 2 aromatic carbocycles. The second-order valence-corrected chi connectivity index (χ2v) is 6.12. The first-order valence-corrected chi connectivity index (χ1v) is 8.50. The molecular formula is C21H27N3. The van der Waals surface area contributed by atoms with E-state index in [4.69, 9.17) is 0 Å². The highest BCUT2D eigenvalue weighted by Crippen LogP contribution is 2.24. The summed E-state index contributed by atoms with van der Waals surface area (Å²) in [6.07, 6.45) is 4.12. The third kappa shape index (κ3) is 4.80. The van der Waals surface area contributed by atoms with Crippen molar-refractivity contribution in [3.8, 4) is 22.4 Å². The molecular weight excluding hydrogens is 294 g/mol. The van der Waals surface area contributed by atoms with Gasteiger partial charge < -0.3 is 10.7 Å². The molecule has 24 heavy (non-hydrogen) atoms. The SMILES string of the molecule is CC(C)CCc1ncc(-c2ccc(-c3ccccc3)cc2)[nH]1.CN. The molecule has 1 aromatic heterocycles. The van der Waals surface area contributed by atoms with Gasteiger partial charge in [-0.1, -0.05) is 68.4 Å². The van der Waals surface area contributed by atoms with Gasteiger partial charge in [-0.25, -0.2) is 4.98 Å². The number of benzene rings is 2. The molecule has 0 aliphatic heterocycles. The van der Waals surface area contributed by atoms with E-state index in [2.05, 4.69) is 78.1 Å². The van der Waals surface area contributed by atoms with Crippen LogP contribution in [0.1, 0.15) is 26.1 Å². The molecule has 126 valence electrons. The minimum atomic E-state index is 0.707. The molecule has 0 unspecified atom stereocenters. The smallest absolute Gasteiger partial charge is 0.106 e. The summed E-state index contributed by atoms with van der Waals surface area (Å²) in [4.78, 5) is 7.92. The standard InChI is InChI=1S/C20H22N2.CH5N/c1-15(2)8-13-20-21-14-19(22-20)18-11-9-17(10-12-18)16-6-4-3-5-7-16;1-2/h3-7,9-12,14-15H,8,13H2,1-2H3,(H,21,22);2H2,1H3. The fourth-order valence-corrected chi connectivity index (χ4v) is 2.53. The molecule has 3 aromatic rings. The number of H-pyrrole nitrogens is 1. The highest BCUT2D eigenvalue weighted by atomic mass is 14.9. The quantitative estimate of drug-likeness (QED) is 0.701. The lowest BCUT2D eigenvalue weighted by Gasteiger charge is -2.03. The van der Waals surface area contributed by atoms with Crippen LogP contribution in [0.25, 0.3) is 22.4 Å². The second-order valence-electron chi connectivity index (χ2n) is 6.12. The molecule has 0 radical (unpaired) electrons. The molecule has 0 aliphatic carbocycles. The van der Waals surface area contributed by atoms with E-state index in [1.807, 2.05) is 12.3 Å². The fourth-order valence-electron chi connectivity index (χ4n) is 2.53. The molecule has 3 heteroatoms. The zero-order valence-electron chi connectivity index (χ0n) is 14.8. The summed E-state index contributed by atoms with van der Waals surface area (Å²) in [5.41, 5.74) is 9.27. The lowest BCUT2D eigenvalue weighted by molar-refractivity contribution is 0.577. The van der Waals surface area contributed by atoms with E-state index in [-0.39, 0.29) is 0 Å². The first-order chi connectivity index (χ1) is 11.7. The van der Waals surface area contributed by atoms with Gasteiger partial charge in [0.25, 0.3) is 0 Å². The van der Waals surface area contributed by atoms with Crippen LogP contribution in [0.5, 0.6) is 0 Å². The Morgan fingerprint density at radius 2 is 1.46 bits per heavy atom. The predicted molar refractivity (Wildman–Crippen MR) is 103 cm³/mol. The number of nitrogens with one attached hydrogen (secondary N) is 1. The molecule has 0 saturated heterocycles. The van der Waals surface area contributed by atoms with Crippen molar-refractivity contribution in [2.45, 2.75) is 26.7 Å². The topological polar surface area (TPSA) is 54.7 Å². The molecule has 0 bridgehead atoms. The van der Waals surface area contributed by atoms with Crippen LogP contribution < -0.4 is 5.73 Å². The number of hydrogen-bond acceptors (Lipinski definition) is 2. The third-order valence-corrected chi connectivity index (χ3v) is 3.89. The number of nitrogens with zero attached hydrogens (tertiary/aromatic N) is 1. The van der Waals surface area contributed by atoms with Crippen molar-refractivity contribution in [1.82, 2.24) is 9.97 Å². The van der Waals surface area contributed by atoms with Crippen LogP contribution in [0.15, 0.2) is 60.8 Å². The monoisotopic (exact) mass is 321 g/mol. The van der Waals surface area contributed by atoms with Crippen molar-refractivity contribution in [1.29, 1.82) is 0 Å². The summed E-state index contributed by atoms with van der Waals surface area (Å²) in [6.45, 7) is 4.48. The largest absolute Gasteiger partial charge is 0.342 e. The number of aromatic amines is 1. The molecule has 0 saturated carbocycles. The Balaban J connectivity index is 0.00000100. The van der Waals surface area contributed by atoms with Gasteiger partial charge in [-0.15, -0.1) is 0 Å². The molecule has 1 heterocycles. The van der Waals surface area contributed by atoms with Crippen LogP contribution in [0.4, 0.5) is 0 Å². The third-order valence-electron chi connectivity index (χ3n) is 3.89. The zero-order chi connectivity index (χ0) is 17.4. The van der Waals surface area contributed by atoms with Gasteiger partial charge in [0.1, 0.15) is 5.82 Å². The lowest BCUT2D eigenvalue weighted by atomic mass is 10.0. The van der Waals surface area contributed by atoms with Gasteiger partial charge in [-0.2, -0.15) is 0 Å². The molecule has 0 spiro atoms. The Morgan fingerprint density at radius 1 is 0.875 bits per heavy atom. The van der Waals surface area contributed by atoms with Crippen molar-refractivity contribution in [2.75, 3.05) is 7.05 Å². The summed E-state index contributed by atoms with van der Waals surface area (Å²) in [5.74, 6) is 1.79. The number of imidazole rings is 1. The number of nitrogens with two attached hydrogens (primary N) is 1. The molecule has 0 amide bonds. The highest BCUT2D eigenvalue weighted by molar-refractivity contribution is 5.68. The highest BCUT2D eigenvalue weighted by Gasteiger charge is 2.05. The van der Waals surface area contributed by atoms with Gasteiger partial charge >= 0.3 is 0 Å². The van der Waals surface area contributed by atoms with Crippen LogP contribution in [0, 0.1) is 5.92 Å². The average Bonchev–Trinajstić information content (AvgIpc) is 3.12. The molecule has 0 atom stereocenters. The normalized spacial score (nSPS) is 10.4. The molecule has 3 rings (SSSR count). The number of rotatable bonds is 5. The van der Waals surface area contributed by atoms with Crippen molar-refractivity contribution in [3.63, 3.8) is 0 Å². The minimum Gasteiger partial charge on any atom is -0.342 e. The molecule has 3 N–H and O–H groups in total. The first kappa shape index (κ1) is 18.0. The minimum absolute atomic E-state index is 0.707. The van der Waals surface area contributed by atoms with Gasteiger partial charge in [-0.05, 0) is 36.1 Å². The zero-order valence-corrected chi connectivity index (χ0v) is 14.8. The Kier molecular flexibility index (Phi) is 6.76. The van der Waals surface area contributed by atoms with E-state index in [1.54, 1.807) is 0 Å². The fraction of sp³-hybridized carbons (Fsp3) is 0.286. The first-order valence-electron chi connectivity index (χ1n) is 8.50. The lowest BCUT2D eigenvalue weighted by Crippen LogP contribution is -1.93. The Labute approximate surface area is 145 Å². The van der Waals surface area contributed by atoms with E-state index in [0.717, 1.165) is 17.9 Å². The summed E-state index contributed by atoms with van der Waals surface area (Å²) in [7, 11) is 1.50. The van der Waals surface area contributed by atoms with E-state index < -0.39 is 0 Å². The van der Waals surface area contributed by atoms with E-state index >= 15 is 0 Å². The van der Waals surface area contributed by atoms with Crippen molar-refractivity contribution < 1.29 is 0 Å². The van der Waals surface area contributed by atoms with E-state index in [0.29, 0.717) is 5.92 Å². The Hall–Kier alpha value is -2.39. The number of aryl methyl sites for hydroxylation is 1. The van der Waals surface area contributed by atoms with E-state index in [1.165, 1.54) is 30.2 Å². The second kappa shape index (κ2) is 9.04. The molecule has 0 aliphatic rings. The number of aromatic nitrogens is 2. The van der Waals surface area contributed by atoms with Crippen LogP contribution in [-0.2, 0) is 6.42 Å². The summed E-state index contributed by atoms with van der Waals surface area (Å²) >= 11 is 0. The van der Waals surface area contributed by atoms with Crippen LogP contribution in [0.2, 0.25) is 0 Å². The predicted octanol–water partition coefficient (Wildman–Crippen LogP) is 4.91. The van der Waals surface area contributed by atoms with Gasteiger partial charge in [0, 0.05) is 6.42 Å². The van der Waals surface area contributed by atoms with Crippen molar-refractivity contribution >= 4 is 0 Å². The van der Waals surface area contributed by atoms with Gasteiger partial charge in [0.2, 0.25) is 0 Å². The summed E-state index contributed by atoms with van der Waals surface area (Å²) < 4.78 is 0. The molecule has 0 fully saturated rings. The molecule has 3 nitrogen and oxygen atoms in total. The maximum absolute atomic E-state index is 4.50. The Bertz CT molecular complexity index is 712. The maximum atomic E-state index is 4.50. The van der Waals surface area contributed by atoms with Gasteiger partial charge in [0.15, 0.2) is 0 Å². The van der Waals surface area contributed by atoms with Gasteiger partial charge in [0.05, 0.1) is 11.9 Å². The summed E-state index contributed by atoms with van der Waals surface area (Å²) in [5, 5.41) is 0. The Morgan fingerprint density at radius 3 is 2.08 bits per heavy atom. The maximum Gasteiger partial charge on any atom is 0.106 e.